The van der Waals surface area contributed by atoms with Crippen molar-refractivity contribution >= 4 is 12.4 Å². The summed E-state index contributed by atoms with van der Waals surface area (Å²) in [7, 11) is 1.67. The minimum atomic E-state index is 0. The zero-order chi connectivity index (χ0) is 11.6. The first-order valence-corrected chi connectivity index (χ1v) is 5.52. The summed E-state index contributed by atoms with van der Waals surface area (Å²) in [6, 6.07) is 4.04. The molecule has 4 nitrogen and oxygen atoms in total. The van der Waals surface area contributed by atoms with E-state index in [-0.39, 0.29) is 12.4 Å². The molecule has 1 heterocycles. The Bertz CT molecular complexity index is 298. The van der Waals surface area contributed by atoms with Crippen LogP contribution >= 0.6 is 12.4 Å². The molecule has 0 aliphatic carbocycles. The van der Waals surface area contributed by atoms with Gasteiger partial charge in [0.25, 0.3) is 0 Å². The van der Waals surface area contributed by atoms with E-state index in [1.54, 1.807) is 7.11 Å². The van der Waals surface area contributed by atoms with Crippen LogP contribution < -0.4 is 5.32 Å². The molecule has 5 heteroatoms. The van der Waals surface area contributed by atoms with Crippen molar-refractivity contribution < 1.29 is 9.47 Å². The summed E-state index contributed by atoms with van der Waals surface area (Å²) in [5.74, 6) is 0. The summed E-state index contributed by atoms with van der Waals surface area (Å²) in [4.78, 5) is 4.23. The molecule has 0 aliphatic rings. The fourth-order valence-electron chi connectivity index (χ4n) is 1.32. The Labute approximate surface area is 109 Å². The van der Waals surface area contributed by atoms with Gasteiger partial charge in [0.15, 0.2) is 0 Å². The maximum atomic E-state index is 5.34. The van der Waals surface area contributed by atoms with Gasteiger partial charge in [-0.2, -0.15) is 0 Å². The molecule has 0 unspecified atom stereocenters. The molecule has 1 rings (SSSR count). The molecule has 1 aromatic rings. The van der Waals surface area contributed by atoms with Crippen LogP contribution in [0.2, 0.25) is 0 Å². The number of rotatable bonds is 8. The molecule has 0 spiro atoms. The zero-order valence-corrected chi connectivity index (χ0v) is 11.3. The number of aromatic nitrogens is 1. The standard InChI is InChI=1S/C12H20N2O2.ClH/c1-11-12(4-3-5-14-11)10-13-6-7-16-9-8-15-2;/h3-5,13H,6-10H2,1-2H3;1H. The van der Waals surface area contributed by atoms with Gasteiger partial charge in [-0.15, -0.1) is 12.4 Å². The maximum absolute atomic E-state index is 5.34. The van der Waals surface area contributed by atoms with Gasteiger partial charge < -0.3 is 14.8 Å². The van der Waals surface area contributed by atoms with Crippen LogP contribution in [0.25, 0.3) is 0 Å². The molecule has 17 heavy (non-hydrogen) atoms. The lowest BCUT2D eigenvalue weighted by Gasteiger charge is -2.07. The fourth-order valence-corrected chi connectivity index (χ4v) is 1.32. The summed E-state index contributed by atoms with van der Waals surface area (Å²) in [6.45, 7) is 5.73. The van der Waals surface area contributed by atoms with Gasteiger partial charge in [-0.25, -0.2) is 0 Å². The molecule has 0 saturated heterocycles. The number of ether oxygens (including phenoxy) is 2. The summed E-state index contributed by atoms with van der Waals surface area (Å²) in [5, 5.41) is 3.31. The zero-order valence-electron chi connectivity index (χ0n) is 10.4. The highest BCUT2D eigenvalue weighted by Gasteiger charge is 1.96. The van der Waals surface area contributed by atoms with Gasteiger partial charge in [0.2, 0.25) is 0 Å². The maximum Gasteiger partial charge on any atom is 0.0700 e. The van der Waals surface area contributed by atoms with Crippen LogP contribution in [0.15, 0.2) is 18.3 Å². The van der Waals surface area contributed by atoms with E-state index in [4.69, 9.17) is 9.47 Å². The highest BCUT2D eigenvalue weighted by atomic mass is 35.5. The van der Waals surface area contributed by atoms with Gasteiger partial charge >= 0.3 is 0 Å². The summed E-state index contributed by atoms with van der Waals surface area (Å²) >= 11 is 0. The van der Waals surface area contributed by atoms with Crippen molar-refractivity contribution in [3.63, 3.8) is 0 Å². The SMILES string of the molecule is COCCOCCNCc1cccnc1C.Cl. The first-order valence-electron chi connectivity index (χ1n) is 5.52. The molecule has 0 amide bonds. The highest BCUT2D eigenvalue weighted by Crippen LogP contribution is 2.01. The van der Waals surface area contributed by atoms with Crippen LogP contribution in [0.3, 0.4) is 0 Å². The number of aryl methyl sites for hydroxylation is 1. The number of pyridine rings is 1. The number of hydrogen-bond acceptors (Lipinski definition) is 4. The van der Waals surface area contributed by atoms with Gasteiger partial charge in [-0.1, -0.05) is 6.07 Å². The Hall–Kier alpha value is -0.680. The normalized spacial score (nSPS) is 10.0. The monoisotopic (exact) mass is 260 g/mol. The smallest absolute Gasteiger partial charge is 0.0700 e. The first-order chi connectivity index (χ1) is 7.84. The fraction of sp³-hybridized carbons (Fsp3) is 0.583. The summed E-state index contributed by atoms with van der Waals surface area (Å²) in [6.07, 6.45) is 1.81. The average molecular weight is 261 g/mol. The first kappa shape index (κ1) is 16.3. The Morgan fingerprint density at radius 1 is 1.29 bits per heavy atom. The third-order valence-electron chi connectivity index (χ3n) is 2.29. The number of halogens is 1. The van der Waals surface area contributed by atoms with Crippen LogP contribution in [0.4, 0.5) is 0 Å². The van der Waals surface area contributed by atoms with Gasteiger partial charge in [0.1, 0.15) is 0 Å². The Kier molecular flexibility index (Phi) is 10.1. The molecule has 0 saturated carbocycles. The van der Waals surface area contributed by atoms with Gasteiger partial charge in [0, 0.05) is 32.1 Å². The van der Waals surface area contributed by atoms with E-state index in [0.717, 1.165) is 18.8 Å². The molecule has 0 aliphatic heterocycles. The van der Waals surface area contributed by atoms with Crippen molar-refractivity contribution in [1.82, 2.24) is 10.3 Å². The topological polar surface area (TPSA) is 43.4 Å². The predicted octanol–water partition coefficient (Wildman–Crippen LogP) is 1.56. The molecule has 0 radical (unpaired) electrons. The molecule has 0 fully saturated rings. The Balaban J connectivity index is 0.00000256. The van der Waals surface area contributed by atoms with E-state index in [1.165, 1.54) is 5.56 Å². The Morgan fingerprint density at radius 3 is 2.82 bits per heavy atom. The summed E-state index contributed by atoms with van der Waals surface area (Å²) in [5.41, 5.74) is 2.31. The van der Waals surface area contributed by atoms with E-state index in [2.05, 4.69) is 16.4 Å². The van der Waals surface area contributed by atoms with Gasteiger partial charge in [-0.05, 0) is 18.6 Å². The van der Waals surface area contributed by atoms with Crippen molar-refractivity contribution in [3.8, 4) is 0 Å². The third kappa shape index (κ3) is 7.28. The van der Waals surface area contributed by atoms with Crippen LogP contribution in [0.1, 0.15) is 11.3 Å². The van der Waals surface area contributed by atoms with Crippen LogP contribution in [-0.2, 0) is 16.0 Å². The van der Waals surface area contributed by atoms with E-state index in [0.29, 0.717) is 19.8 Å². The molecule has 0 atom stereocenters. The lowest BCUT2D eigenvalue weighted by atomic mass is 10.2. The van der Waals surface area contributed by atoms with Crippen molar-refractivity contribution in [3.05, 3.63) is 29.6 Å². The molecule has 98 valence electrons. The molecule has 1 N–H and O–H groups in total. The number of nitrogens with one attached hydrogen (secondary N) is 1. The minimum absolute atomic E-state index is 0. The molecule has 0 aromatic carbocycles. The lowest BCUT2D eigenvalue weighted by molar-refractivity contribution is 0.0719. The second-order valence-electron chi connectivity index (χ2n) is 3.53. The largest absolute Gasteiger partial charge is 0.382 e. The van der Waals surface area contributed by atoms with E-state index < -0.39 is 0 Å². The molecule has 0 bridgehead atoms. The minimum Gasteiger partial charge on any atom is -0.382 e. The molecular formula is C12H21ClN2O2. The second-order valence-corrected chi connectivity index (χ2v) is 3.53. The second kappa shape index (κ2) is 10.5. The number of nitrogens with zero attached hydrogens (tertiary/aromatic N) is 1. The van der Waals surface area contributed by atoms with Crippen LogP contribution in [0, 0.1) is 6.92 Å². The van der Waals surface area contributed by atoms with Crippen molar-refractivity contribution in [1.29, 1.82) is 0 Å². The Morgan fingerprint density at radius 2 is 2.12 bits per heavy atom. The lowest BCUT2D eigenvalue weighted by Crippen LogP contribution is -2.20. The van der Waals surface area contributed by atoms with Crippen molar-refractivity contribution in [2.45, 2.75) is 13.5 Å². The molecular weight excluding hydrogens is 240 g/mol. The quantitative estimate of drug-likeness (QED) is 0.721. The number of hydrogen-bond donors (Lipinski definition) is 1. The van der Waals surface area contributed by atoms with E-state index in [9.17, 15) is 0 Å². The average Bonchev–Trinajstić information content (AvgIpc) is 2.30. The number of methoxy groups -OCH3 is 1. The molecule has 1 aromatic heterocycles. The highest BCUT2D eigenvalue weighted by molar-refractivity contribution is 5.85. The van der Waals surface area contributed by atoms with Crippen molar-refractivity contribution in [2.75, 3.05) is 33.5 Å². The van der Waals surface area contributed by atoms with E-state index in [1.807, 2.05) is 19.2 Å². The summed E-state index contributed by atoms with van der Waals surface area (Å²) < 4.78 is 10.2. The van der Waals surface area contributed by atoms with Gasteiger partial charge in [-0.3, -0.25) is 4.98 Å². The third-order valence-corrected chi connectivity index (χ3v) is 2.29. The van der Waals surface area contributed by atoms with Crippen LogP contribution in [-0.4, -0.2) is 38.5 Å². The van der Waals surface area contributed by atoms with Gasteiger partial charge in [0.05, 0.1) is 19.8 Å². The van der Waals surface area contributed by atoms with Crippen molar-refractivity contribution in [2.24, 2.45) is 0 Å². The van der Waals surface area contributed by atoms with E-state index >= 15 is 0 Å². The predicted molar refractivity (Wildman–Crippen MR) is 70.6 cm³/mol. The van der Waals surface area contributed by atoms with Crippen LogP contribution in [0.5, 0.6) is 0 Å².